The maximum atomic E-state index is 12.6. The molecule has 0 saturated carbocycles. The first-order valence-corrected chi connectivity index (χ1v) is 9.14. The fourth-order valence-electron chi connectivity index (χ4n) is 3.11. The Bertz CT molecular complexity index is 742. The molecule has 0 spiro atoms. The van der Waals surface area contributed by atoms with Crippen LogP contribution in [0.4, 0.5) is 5.82 Å². The maximum absolute atomic E-state index is 12.6. The topological polar surface area (TPSA) is 67.3 Å². The Labute approximate surface area is 154 Å². The highest BCUT2D eigenvalue weighted by Gasteiger charge is 2.22. The number of piperidine rings is 1. The molecule has 0 atom stereocenters. The van der Waals surface area contributed by atoms with E-state index >= 15 is 0 Å². The standard InChI is InChI=1S/C20H26N4O2/c1-15-7-10-24(11-8-15)20(25)18-13-19(23-14-22-18)21-9-6-16-4-3-5-17(12-16)26-2/h3-5,12-15H,6-11H2,1-2H3,(H,21,22,23). The molecule has 138 valence electrons. The van der Waals surface area contributed by atoms with Crippen LogP contribution in [0, 0.1) is 5.92 Å². The molecule has 1 amide bonds. The highest BCUT2D eigenvalue weighted by atomic mass is 16.5. The molecule has 1 aliphatic rings. The van der Waals surface area contributed by atoms with Crippen LogP contribution in [0.5, 0.6) is 5.75 Å². The van der Waals surface area contributed by atoms with Gasteiger partial charge < -0.3 is 15.0 Å². The summed E-state index contributed by atoms with van der Waals surface area (Å²) < 4.78 is 5.24. The van der Waals surface area contributed by atoms with Crippen LogP contribution in [-0.2, 0) is 6.42 Å². The summed E-state index contributed by atoms with van der Waals surface area (Å²) in [6.07, 6.45) is 4.41. The summed E-state index contributed by atoms with van der Waals surface area (Å²) >= 11 is 0. The minimum atomic E-state index is -0.00449. The number of ether oxygens (including phenoxy) is 1. The first kappa shape index (κ1) is 18.2. The van der Waals surface area contributed by atoms with Gasteiger partial charge in [-0.1, -0.05) is 19.1 Å². The van der Waals surface area contributed by atoms with Crippen molar-refractivity contribution in [2.45, 2.75) is 26.2 Å². The average Bonchev–Trinajstić information content (AvgIpc) is 2.68. The molecular formula is C20H26N4O2. The summed E-state index contributed by atoms with van der Waals surface area (Å²) in [7, 11) is 1.67. The average molecular weight is 354 g/mol. The van der Waals surface area contributed by atoms with Gasteiger partial charge in [-0.15, -0.1) is 0 Å². The van der Waals surface area contributed by atoms with Crippen LogP contribution in [0.25, 0.3) is 0 Å². The van der Waals surface area contributed by atoms with Gasteiger partial charge in [-0.05, 0) is 42.9 Å². The molecule has 26 heavy (non-hydrogen) atoms. The van der Waals surface area contributed by atoms with E-state index in [0.29, 0.717) is 17.4 Å². The zero-order chi connectivity index (χ0) is 18.4. The Morgan fingerprint density at radius 2 is 2.08 bits per heavy atom. The van der Waals surface area contributed by atoms with Crippen LogP contribution >= 0.6 is 0 Å². The number of likely N-dealkylation sites (tertiary alicyclic amines) is 1. The molecule has 0 radical (unpaired) electrons. The number of hydrogen-bond donors (Lipinski definition) is 1. The number of methoxy groups -OCH3 is 1. The zero-order valence-electron chi connectivity index (χ0n) is 15.4. The summed E-state index contributed by atoms with van der Waals surface area (Å²) in [6, 6.07) is 9.74. The van der Waals surface area contributed by atoms with Gasteiger partial charge in [0.25, 0.3) is 5.91 Å². The van der Waals surface area contributed by atoms with Crippen molar-refractivity contribution >= 4 is 11.7 Å². The first-order valence-electron chi connectivity index (χ1n) is 9.14. The molecule has 0 aliphatic carbocycles. The van der Waals surface area contributed by atoms with E-state index in [-0.39, 0.29) is 5.91 Å². The Kier molecular flexibility index (Phi) is 6.04. The van der Waals surface area contributed by atoms with Crippen LogP contribution in [0.2, 0.25) is 0 Å². The minimum absolute atomic E-state index is 0.00449. The number of benzene rings is 1. The molecule has 0 unspecified atom stereocenters. The van der Waals surface area contributed by atoms with Crippen molar-refractivity contribution in [2.75, 3.05) is 32.1 Å². The van der Waals surface area contributed by atoms with Crippen molar-refractivity contribution in [3.05, 3.63) is 47.9 Å². The van der Waals surface area contributed by atoms with Crippen molar-refractivity contribution in [3.8, 4) is 5.75 Å². The number of rotatable bonds is 6. The van der Waals surface area contributed by atoms with Crippen molar-refractivity contribution < 1.29 is 9.53 Å². The smallest absolute Gasteiger partial charge is 0.272 e. The predicted octanol–water partition coefficient (Wildman–Crippen LogP) is 3.01. The van der Waals surface area contributed by atoms with Gasteiger partial charge in [-0.2, -0.15) is 0 Å². The number of aromatic nitrogens is 2. The lowest BCUT2D eigenvalue weighted by atomic mass is 9.99. The second kappa shape index (κ2) is 8.65. The third kappa shape index (κ3) is 4.71. The number of carbonyl (C=O) groups is 1. The van der Waals surface area contributed by atoms with Crippen LogP contribution in [-0.4, -0.2) is 47.5 Å². The van der Waals surface area contributed by atoms with Gasteiger partial charge in [0.05, 0.1) is 7.11 Å². The van der Waals surface area contributed by atoms with Gasteiger partial charge in [0.2, 0.25) is 0 Å². The lowest BCUT2D eigenvalue weighted by molar-refractivity contribution is 0.0691. The Morgan fingerprint density at radius 3 is 2.85 bits per heavy atom. The number of anilines is 1. The van der Waals surface area contributed by atoms with Gasteiger partial charge in [0, 0.05) is 25.7 Å². The molecule has 0 bridgehead atoms. The van der Waals surface area contributed by atoms with Gasteiger partial charge in [-0.25, -0.2) is 9.97 Å². The number of nitrogens with one attached hydrogen (secondary N) is 1. The molecule has 1 saturated heterocycles. The summed E-state index contributed by atoms with van der Waals surface area (Å²) in [6.45, 7) is 4.57. The number of carbonyl (C=O) groups excluding carboxylic acids is 1. The Morgan fingerprint density at radius 1 is 1.27 bits per heavy atom. The molecule has 1 fully saturated rings. The number of nitrogens with zero attached hydrogens (tertiary/aromatic N) is 3. The van der Waals surface area contributed by atoms with E-state index < -0.39 is 0 Å². The van der Waals surface area contributed by atoms with Crippen molar-refractivity contribution in [3.63, 3.8) is 0 Å². The second-order valence-corrected chi connectivity index (χ2v) is 6.79. The van der Waals surface area contributed by atoms with Crippen LogP contribution < -0.4 is 10.1 Å². The van der Waals surface area contributed by atoms with Crippen LogP contribution in [0.15, 0.2) is 36.7 Å². The second-order valence-electron chi connectivity index (χ2n) is 6.79. The molecule has 2 aromatic rings. The lowest BCUT2D eigenvalue weighted by Crippen LogP contribution is -2.38. The molecule has 1 N–H and O–H groups in total. The maximum Gasteiger partial charge on any atom is 0.272 e. The lowest BCUT2D eigenvalue weighted by Gasteiger charge is -2.30. The van der Waals surface area contributed by atoms with Crippen molar-refractivity contribution in [2.24, 2.45) is 5.92 Å². The van der Waals surface area contributed by atoms with E-state index in [4.69, 9.17) is 4.74 Å². The minimum Gasteiger partial charge on any atom is -0.497 e. The summed E-state index contributed by atoms with van der Waals surface area (Å²) in [5.41, 5.74) is 1.64. The first-order chi connectivity index (χ1) is 12.7. The largest absolute Gasteiger partial charge is 0.497 e. The zero-order valence-corrected chi connectivity index (χ0v) is 15.4. The number of hydrogen-bond acceptors (Lipinski definition) is 5. The fraction of sp³-hybridized carbons (Fsp3) is 0.450. The normalized spacial score (nSPS) is 14.9. The van der Waals surface area contributed by atoms with Crippen LogP contribution in [0.3, 0.4) is 0 Å². The van der Waals surface area contributed by atoms with Crippen molar-refractivity contribution in [1.82, 2.24) is 14.9 Å². The third-order valence-electron chi connectivity index (χ3n) is 4.81. The molecule has 1 aliphatic heterocycles. The summed E-state index contributed by atoms with van der Waals surface area (Å²) in [5, 5.41) is 3.27. The fourth-order valence-corrected chi connectivity index (χ4v) is 3.11. The van der Waals surface area contributed by atoms with E-state index in [1.54, 1.807) is 13.2 Å². The van der Waals surface area contributed by atoms with Crippen molar-refractivity contribution in [1.29, 1.82) is 0 Å². The van der Waals surface area contributed by atoms with E-state index in [2.05, 4.69) is 28.3 Å². The predicted molar refractivity (Wildman–Crippen MR) is 102 cm³/mol. The van der Waals surface area contributed by atoms with E-state index in [0.717, 1.165) is 44.6 Å². The molecule has 6 heteroatoms. The van der Waals surface area contributed by atoms with Gasteiger partial charge in [0.15, 0.2) is 0 Å². The Hall–Kier alpha value is -2.63. The molecule has 1 aromatic carbocycles. The molecule has 1 aromatic heterocycles. The number of amides is 1. The van der Waals surface area contributed by atoms with E-state index in [1.165, 1.54) is 11.9 Å². The van der Waals surface area contributed by atoms with Gasteiger partial charge >= 0.3 is 0 Å². The van der Waals surface area contributed by atoms with Gasteiger partial charge in [-0.3, -0.25) is 4.79 Å². The molecule has 3 rings (SSSR count). The highest BCUT2D eigenvalue weighted by molar-refractivity contribution is 5.92. The third-order valence-corrected chi connectivity index (χ3v) is 4.81. The van der Waals surface area contributed by atoms with Crippen LogP contribution in [0.1, 0.15) is 35.8 Å². The molecular weight excluding hydrogens is 328 g/mol. The molecule has 6 nitrogen and oxygen atoms in total. The quantitative estimate of drug-likeness (QED) is 0.864. The van der Waals surface area contributed by atoms with E-state index in [1.807, 2.05) is 23.1 Å². The van der Waals surface area contributed by atoms with Gasteiger partial charge in [0.1, 0.15) is 23.6 Å². The summed E-state index contributed by atoms with van der Waals surface area (Å²) in [4.78, 5) is 22.9. The van der Waals surface area contributed by atoms with E-state index in [9.17, 15) is 4.79 Å². The molecule has 2 heterocycles. The highest BCUT2D eigenvalue weighted by Crippen LogP contribution is 2.18. The Balaban J connectivity index is 1.56. The monoisotopic (exact) mass is 354 g/mol. The SMILES string of the molecule is COc1cccc(CCNc2cc(C(=O)N3CCC(C)CC3)ncn2)c1. The summed E-state index contributed by atoms with van der Waals surface area (Å²) in [5.74, 6) is 2.22.